The molecule has 0 spiro atoms. The number of amides is 2. The summed E-state index contributed by atoms with van der Waals surface area (Å²) in [6, 6.07) is -0.683. The monoisotopic (exact) mass is 228 g/mol. The van der Waals surface area contributed by atoms with Crippen molar-refractivity contribution in [1.82, 2.24) is 10.2 Å². The summed E-state index contributed by atoms with van der Waals surface area (Å²) in [4.78, 5) is 24.4. The average Bonchev–Trinajstić information content (AvgIpc) is 3.02. The third-order valence-corrected chi connectivity index (χ3v) is 2.76. The fourth-order valence-electron chi connectivity index (χ4n) is 1.73. The Morgan fingerprint density at radius 1 is 1.44 bits per heavy atom. The van der Waals surface area contributed by atoms with Crippen LogP contribution >= 0.6 is 0 Å². The summed E-state index contributed by atoms with van der Waals surface area (Å²) < 4.78 is 0. The van der Waals surface area contributed by atoms with Gasteiger partial charge in [0.25, 0.3) is 0 Å². The van der Waals surface area contributed by atoms with Gasteiger partial charge in [0.2, 0.25) is 0 Å². The first kappa shape index (κ1) is 12.8. The highest BCUT2D eigenvalue weighted by Crippen LogP contribution is 2.26. The van der Waals surface area contributed by atoms with Crippen LogP contribution in [0.25, 0.3) is 0 Å². The summed E-state index contributed by atoms with van der Waals surface area (Å²) in [5, 5.41) is 11.5. The van der Waals surface area contributed by atoms with Crippen molar-refractivity contribution in [3.63, 3.8) is 0 Å². The quantitative estimate of drug-likeness (QED) is 0.722. The van der Waals surface area contributed by atoms with Gasteiger partial charge in [-0.1, -0.05) is 13.3 Å². The smallest absolute Gasteiger partial charge is 0.326 e. The molecule has 92 valence electrons. The van der Waals surface area contributed by atoms with Gasteiger partial charge in [0, 0.05) is 12.6 Å². The maximum absolute atomic E-state index is 11.8. The van der Waals surface area contributed by atoms with Crippen LogP contribution in [0.5, 0.6) is 0 Å². The van der Waals surface area contributed by atoms with Crippen molar-refractivity contribution in [2.45, 2.75) is 51.6 Å². The Labute approximate surface area is 95.8 Å². The Morgan fingerprint density at radius 3 is 2.44 bits per heavy atom. The third kappa shape index (κ3) is 3.40. The molecule has 2 amide bonds. The molecule has 0 saturated heterocycles. The number of rotatable bonds is 6. The summed E-state index contributed by atoms with van der Waals surface area (Å²) in [5.41, 5.74) is 0. The molecule has 5 nitrogen and oxygen atoms in total. The molecule has 1 atom stereocenters. The van der Waals surface area contributed by atoms with E-state index >= 15 is 0 Å². The van der Waals surface area contributed by atoms with Gasteiger partial charge in [-0.25, -0.2) is 9.59 Å². The summed E-state index contributed by atoms with van der Waals surface area (Å²) >= 11 is 0. The van der Waals surface area contributed by atoms with Crippen molar-refractivity contribution >= 4 is 12.0 Å². The second-order valence-corrected chi connectivity index (χ2v) is 4.15. The van der Waals surface area contributed by atoms with Crippen LogP contribution in [0.4, 0.5) is 4.79 Å². The SMILES string of the molecule is CCC[C@H](NC(=O)N(CC)C1CC1)C(=O)O. The second-order valence-electron chi connectivity index (χ2n) is 4.15. The summed E-state index contributed by atoms with van der Waals surface area (Å²) in [6.45, 7) is 4.45. The van der Waals surface area contributed by atoms with Gasteiger partial charge < -0.3 is 15.3 Å². The Bertz CT molecular complexity index is 264. The summed E-state index contributed by atoms with van der Waals surface area (Å²) in [6.07, 6.45) is 3.29. The lowest BCUT2D eigenvalue weighted by Crippen LogP contribution is -2.48. The number of hydrogen-bond acceptors (Lipinski definition) is 2. The van der Waals surface area contributed by atoms with Gasteiger partial charge in [-0.15, -0.1) is 0 Å². The van der Waals surface area contributed by atoms with E-state index in [0.717, 1.165) is 19.3 Å². The molecule has 1 fully saturated rings. The Kier molecular flexibility index (Phi) is 4.58. The lowest BCUT2D eigenvalue weighted by Gasteiger charge is -2.23. The van der Waals surface area contributed by atoms with Gasteiger partial charge in [0.1, 0.15) is 6.04 Å². The molecule has 5 heteroatoms. The number of carboxylic acids is 1. The largest absolute Gasteiger partial charge is 0.480 e. The van der Waals surface area contributed by atoms with Crippen LogP contribution in [0.2, 0.25) is 0 Å². The van der Waals surface area contributed by atoms with Crippen LogP contribution in [0.3, 0.4) is 0 Å². The van der Waals surface area contributed by atoms with Crippen molar-refractivity contribution in [1.29, 1.82) is 0 Å². The van der Waals surface area contributed by atoms with E-state index in [9.17, 15) is 9.59 Å². The number of urea groups is 1. The molecule has 2 N–H and O–H groups in total. The number of carbonyl (C=O) groups excluding carboxylic acids is 1. The zero-order valence-corrected chi connectivity index (χ0v) is 9.90. The molecule has 16 heavy (non-hydrogen) atoms. The zero-order chi connectivity index (χ0) is 12.1. The van der Waals surface area contributed by atoms with E-state index in [1.54, 1.807) is 4.90 Å². The van der Waals surface area contributed by atoms with Gasteiger partial charge in [-0.3, -0.25) is 0 Å². The highest BCUT2D eigenvalue weighted by molar-refractivity contribution is 5.82. The minimum Gasteiger partial charge on any atom is -0.480 e. The second kappa shape index (κ2) is 5.72. The van der Waals surface area contributed by atoms with Crippen molar-refractivity contribution < 1.29 is 14.7 Å². The third-order valence-electron chi connectivity index (χ3n) is 2.76. The molecule has 0 unspecified atom stereocenters. The predicted octanol–water partition coefficient (Wildman–Crippen LogP) is 1.43. The predicted molar refractivity (Wildman–Crippen MR) is 60.3 cm³/mol. The molecule has 0 aliphatic heterocycles. The van der Waals surface area contributed by atoms with Crippen LogP contribution in [0.15, 0.2) is 0 Å². The Hall–Kier alpha value is -1.26. The Morgan fingerprint density at radius 2 is 2.06 bits per heavy atom. The van der Waals surface area contributed by atoms with Gasteiger partial charge >= 0.3 is 12.0 Å². The molecule has 1 saturated carbocycles. The molecular formula is C11H20N2O3. The molecule has 0 heterocycles. The molecule has 0 bridgehead atoms. The number of carboxylic acid groups (broad SMARTS) is 1. The van der Waals surface area contributed by atoms with E-state index in [4.69, 9.17) is 5.11 Å². The molecular weight excluding hydrogens is 208 g/mol. The number of nitrogens with zero attached hydrogens (tertiary/aromatic N) is 1. The molecule has 1 aliphatic carbocycles. The number of hydrogen-bond donors (Lipinski definition) is 2. The standard InChI is InChI=1S/C11H20N2O3/c1-3-5-9(10(14)15)12-11(16)13(4-2)8-6-7-8/h8-9H,3-7H2,1-2H3,(H,12,16)(H,14,15)/t9-/m0/s1. The first-order valence-electron chi connectivity index (χ1n) is 5.90. The highest BCUT2D eigenvalue weighted by Gasteiger charge is 2.32. The van der Waals surface area contributed by atoms with Crippen molar-refractivity contribution in [3.05, 3.63) is 0 Å². The van der Waals surface area contributed by atoms with Crippen molar-refractivity contribution in [2.24, 2.45) is 0 Å². The van der Waals surface area contributed by atoms with E-state index in [2.05, 4.69) is 5.32 Å². The zero-order valence-electron chi connectivity index (χ0n) is 9.90. The number of nitrogens with one attached hydrogen (secondary N) is 1. The summed E-state index contributed by atoms with van der Waals surface area (Å²) in [5.74, 6) is -0.956. The van der Waals surface area contributed by atoms with E-state index < -0.39 is 12.0 Å². The van der Waals surface area contributed by atoms with E-state index in [1.165, 1.54) is 0 Å². The molecule has 0 aromatic heterocycles. The van der Waals surface area contributed by atoms with Crippen LogP contribution in [0, 0.1) is 0 Å². The van der Waals surface area contributed by atoms with Crippen LogP contribution < -0.4 is 5.32 Å². The van der Waals surface area contributed by atoms with Crippen molar-refractivity contribution in [3.8, 4) is 0 Å². The molecule has 0 aromatic rings. The van der Waals surface area contributed by atoms with Gasteiger partial charge in [-0.2, -0.15) is 0 Å². The number of carbonyl (C=O) groups is 2. The average molecular weight is 228 g/mol. The maximum Gasteiger partial charge on any atom is 0.326 e. The minimum atomic E-state index is -0.956. The molecule has 1 aliphatic rings. The minimum absolute atomic E-state index is 0.245. The normalized spacial score (nSPS) is 16.6. The lowest BCUT2D eigenvalue weighted by molar-refractivity contribution is -0.139. The number of aliphatic carboxylic acids is 1. The topological polar surface area (TPSA) is 69.6 Å². The van der Waals surface area contributed by atoms with E-state index in [-0.39, 0.29) is 6.03 Å². The van der Waals surface area contributed by atoms with E-state index in [1.807, 2.05) is 13.8 Å². The summed E-state index contributed by atoms with van der Waals surface area (Å²) in [7, 11) is 0. The van der Waals surface area contributed by atoms with Gasteiger partial charge in [-0.05, 0) is 26.2 Å². The van der Waals surface area contributed by atoms with Gasteiger partial charge in [0.15, 0.2) is 0 Å². The van der Waals surface area contributed by atoms with Crippen LogP contribution in [0.1, 0.15) is 39.5 Å². The maximum atomic E-state index is 11.8. The fourth-order valence-corrected chi connectivity index (χ4v) is 1.73. The highest BCUT2D eigenvalue weighted by atomic mass is 16.4. The molecule has 0 aromatic carbocycles. The van der Waals surface area contributed by atoms with Crippen LogP contribution in [-0.2, 0) is 4.79 Å². The first-order chi connectivity index (χ1) is 7.60. The molecule has 0 radical (unpaired) electrons. The lowest BCUT2D eigenvalue weighted by atomic mass is 10.2. The molecule has 1 rings (SSSR count). The van der Waals surface area contributed by atoms with Crippen LogP contribution in [-0.4, -0.2) is 40.6 Å². The first-order valence-corrected chi connectivity index (χ1v) is 5.90. The van der Waals surface area contributed by atoms with E-state index in [0.29, 0.717) is 19.0 Å². The fraction of sp³-hybridized carbons (Fsp3) is 0.818. The Balaban J connectivity index is 2.48. The van der Waals surface area contributed by atoms with Gasteiger partial charge in [0.05, 0.1) is 0 Å². The van der Waals surface area contributed by atoms with Crippen molar-refractivity contribution in [2.75, 3.05) is 6.54 Å².